The van der Waals surface area contributed by atoms with Gasteiger partial charge in [-0.2, -0.15) is 0 Å². The summed E-state index contributed by atoms with van der Waals surface area (Å²) in [5.41, 5.74) is 1.29. The minimum atomic E-state index is 0.303. The van der Waals surface area contributed by atoms with Crippen LogP contribution in [-0.2, 0) is 4.79 Å². The maximum absolute atomic E-state index is 12.6. The number of nitrogens with zero attached hydrogens (tertiary/aromatic N) is 2. The van der Waals surface area contributed by atoms with E-state index < -0.39 is 0 Å². The summed E-state index contributed by atoms with van der Waals surface area (Å²) in [6, 6.07) is 8.66. The molecule has 2 saturated heterocycles. The van der Waals surface area contributed by atoms with Gasteiger partial charge < -0.3 is 9.64 Å². The second kappa shape index (κ2) is 7.35. The predicted octanol–water partition coefficient (Wildman–Crippen LogP) is 3.09. The molecule has 0 unspecified atom stereocenters. The van der Waals surface area contributed by atoms with Gasteiger partial charge >= 0.3 is 0 Å². The van der Waals surface area contributed by atoms with E-state index in [2.05, 4.69) is 28.9 Å². The van der Waals surface area contributed by atoms with Crippen LogP contribution < -0.4 is 4.74 Å². The van der Waals surface area contributed by atoms with Crippen molar-refractivity contribution in [1.82, 2.24) is 9.80 Å². The van der Waals surface area contributed by atoms with E-state index >= 15 is 0 Å². The van der Waals surface area contributed by atoms with Crippen molar-refractivity contribution in [2.24, 2.45) is 5.92 Å². The van der Waals surface area contributed by atoms with Crippen molar-refractivity contribution in [2.75, 3.05) is 33.3 Å². The molecule has 0 bridgehead atoms. The summed E-state index contributed by atoms with van der Waals surface area (Å²) in [6.07, 6.45) is 4.70. The molecule has 1 aromatic rings. The van der Waals surface area contributed by atoms with E-state index in [0.717, 1.165) is 38.2 Å². The molecule has 2 aliphatic rings. The number of likely N-dealkylation sites (tertiary alicyclic amines) is 2. The zero-order chi connectivity index (χ0) is 16.2. The van der Waals surface area contributed by atoms with E-state index in [4.69, 9.17) is 4.74 Å². The van der Waals surface area contributed by atoms with Gasteiger partial charge in [0.25, 0.3) is 0 Å². The van der Waals surface area contributed by atoms with Crippen LogP contribution in [0.3, 0.4) is 0 Å². The van der Waals surface area contributed by atoms with Crippen molar-refractivity contribution >= 4 is 5.91 Å². The standard InChI is InChI=1S/C19H28N2O2/c1-15-5-3-12-21(13-15)19(22)14-20-11-4-6-18(20)16-7-9-17(23-2)10-8-16/h7-10,15,18H,3-6,11-14H2,1-2H3/t15-,18+/m1/s1. The highest BCUT2D eigenvalue weighted by Crippen LogP contribution is 2.32. The summed E-state index contributed by atoms with van der Waals surface area (Å²) in [5.74, 6) is 1.83. The Morgan fingerprint density at radius 3 is 2.61 bits per heavy atom. The Balaban J connectivity index is 1.63. The molecule has 2 aliphatic heterocycles. The third-order valence-electron chi connectivity index (χ3n) is 5.21. The number of ether oxygens (including phenoxy) is 1. The smallest absolute Gasteiger partial charge is 0.236 e. The molecule has 3 rings (SSSR count). The molecule has 0 radical (unpaired) electrons. The van der Waals surface area contributed by atoms with Crippen molar-refractivity contribution in [3.05, 3.63) is 29.8 Å². The highest BCUT2D eigenvalue weighted by Gasteiger charge is 2.30. The second-order valence-electron chi connectivity index (χ2n) is 6.99. The molecule has 126 valence electrons. The Morgan fingerprint density at radius 1 is 1.17 bits per heavy atom. The Morgan fingerprint density at radius 2 is 1.91 bits per heavy atom. The number of rotatable bonds is 4. The van der Waals surface area contributed by atoms with Crippen LogP contribution in [0.2, 0.25) is 0 Å². The minimum Gasteiger partial charge on any atom is -0.497 e. The van der Waals surface area contributed by atoms with E-state index in [1.54, 1.807) is 7.11 Å². The van der Waals surface area contributed by atoms with Gasteiger partial charge in [-0.25, -0.2) is 0 Å². The molecule has 0 spiro atoms. The van der Waals surface area contributed by atoms with Crippen LogP contribution in [0, 0.1) is 5.92 Å². The molecule has 4 heteroatoms. The van der Waals surface area contributed by atoms with Gasteiger partial charge in [0.15, 0.2) is 0 Å². The SMILES string of the molecule is COc1ccc([C@@H]2CCCN2CC(=O)N2CCC[C@@H](C)C2)cc1. The molecule has 4 nitrogen and oxygen atoms in total. The van der Waals surface area contributed by atoms with Crippen molar-refractivity contribution in [3.63, 3.8) is 0 Å². The van der Waals surface area contributed by atoms with Crippen LogP contribution >= 0.6 is 0 Å². The van der Waals surface area contributed by atoms with Gasteiger partial charge in [0.05, 0.1) is 13.7 Å². The number of benzene rings is 1. The lowest BCUT2D eigenvalue weighted by molar-refractivity contribution is -0.134. The Labute approximate surface area is 139 Å². The van der Waals surface area contributed by atoms with Gasteiger partial charge in [-0.1, -0.05) is 19.1 Å². The molecular weight excluding hydrogens is 288 g/mol. The van der Waals surface area contributed by atoms with E-state index in [0.29, 0.717) is 24.4 Å². The lowest BCUT2D eigenvalue weighted by Gasteiger charge is -2.33. The highest BCUT2D eigenvalue weighted by molar-refractivity contribution is 5.78. The maximum Gasteiger partial charge on any atom is 0.236 e. The zero-order valence-electron chi connectivity index (χ0n) is 14.3. The van der Waals surface area contributed by atoms with E-state index in [1.807, 2.05) is 12.1 Å². The number of hydrogen-bond acceptors (Lipinski definition) is 3. The van der Waals surface area contributed by atoms with Crippen LogP contribution in [0.15, 0.2) is 24.3 Å². The van der Waals surface area contributed by atoms with E-state index in [-0.39, 0.29) is 0 Å². The van der Waals surface area contributed by atoms with Crippen LogP contribution in [0.25, 0.3) is 0 Å². The number of amides is 1. The molecular formula is C19H28N2O2. The van der Waals surface area contributed by atoms with Gasteiger partial charge in [-0.15, -0.1) is 0 Å². The van der Waals surface area contributed by atoms with Gasteiger partial charge in [-0.3, -0.25) is 9.69 Å². The number of piperidine rings is 1. The topological polar surface area (TPSA) is 32.8 Å². The maximum atomic E-state index is 12.6. The number of carbonyl (C=O) groups is 1. The zero-order valence-corrected chi connectivity index (χ0v) is 14.3. The van der Waals surface area contributed by atoms with E-state index in [9.17, 15) is 4.79 Å². The third kappa shape index (κ3) is 3.86. The van der Waals surface area contributed by atoms with Crippen LogP contribution in [0.4, 0.5) is 0 Å². The molecule has 0 aromatic heterocycles. The first-order chi connectivity index (χ1) is 11.2. The van der Waals surface area contributed by atoms with Gasteiger partial charge in [0, 0.05) is 19.1 Å². The number of hydrogen-bond donors (Lipinski definition) is 0. The molecule has 1 aromatic carbocycles. The van der Waals surface area contributed by atoms with E-state index in [1.165, 1.54) is 18.4 Å². The van der Waals surface area contributed by atoms with Crippen molar-refractivity contribution in [2.45, 2.75) is 38.6 Å². The fourth-order valence-electron chi connectivity index (χ4n) is 3.91. The monoisotopic (exact) mass is 316 g/mol. The minimum absolute atomic E-state index is 0.303. The molecule has 2 fully saturated rings. The average Bonchev–Trinajstić information content (AvgIpc) is 3.03. The Hall–Kier alpha value is -1.55. The summed E-state index contributed by atoms with van der Waals surface area (Å²) in [7, 11) is 1.69. The van der Waals surface area contributed by atoms with Crippen LogP contribution in [0.5, 0.6) is 5.75 Å². The van der Waals surface area contributed by atoms with Crippen molar-refractivity contribution in [1.29, 1.82) is 0 Å². The van der Waals surface area contributed by atoms with Crippen LogP contribution in [0.1, 0.15) is 44.2 Å². The summed E-state index contributed by atoms with van der Waals surface area (Å²) in [5, 5.41) is 0. The molecule has 0 saturated carbocycles. The second-order valence-corrected chi connectivity index (χ2v) is 6.99. The first-order valence-corrected chi connectivity index (χ1v) is 8.83. The largest absolute Gasteiger partial charge is 0.497 e. The molecule has 0 N–H and O–H groups in total. The van der Waals surface area contributed by atoms with Gasteiger partial charge in [0.1, 0.15) is 5.75 Å². The first-order valence-electron chi connectivity index (χ1n) is 8.83. The molecule has 1 amide bonds. The van der Waals surface area contributed by atoms with Crippen molar-refractivity contribution < 1.29 is 9.53 Å². The molecule has 0 aliphatic carbocycles. The average molecular weight is 316 g/mol. The summed E-state index contributed by atoms with van der Waals surface area (Å²) < 4.78 is 5.24. The summed E-state index contributed by atoms with van der Waals surface area (Å²) >= 11 is 0. The molecule has 23 heavy (non-hydrogen) atoms. The van der Waals surface area contributed by atoms with Gasteiger partial charge in [0.2, 0.25) is 5.91 Å². The quantitative estimate of drug-likeness (QED) is 0.856. The third-order valence-corrected chi connectivity index (χ3v) is 5.21. The Kier molecular flexibility index (Phi) is 5.21. The molecule has 2 atom stereocenters. The fourth-order valence-corrected chi connectivity index (χ4v) is 3.91. The summed E-state index contributed by atoms with van der Waals surface area (Å²) in [6.45, 7) is 5.69. The van der Waals surface area contributed by atoms with Crippen LogP contribution in [-0.4, -0.2) is 49.0 Å². The van der Waals surface area contributed by atoms with Crippen molar-refractivity contribution in [3.8, 4) is 5.75 Å². The highest BCUT2D eigenvalue weighted by atomic mass is 16.5. The van der Waals surface area contributed by atoms with Gasteiger partial charge in [-0.05, 0) is 55.8 Å². The summed E-state index contributed by atoms with van der Waals surface area (Å²) in [4.78, 5) is 17.1. The normalized spacial score (nSPS) is 25.6. The number of carbonyl (C=O) groups excluding carboxylic acids is 1. The lowest BCUT2D eigenvalue weighted by Crippen LogP contribution is -2.44. The molecule has 2 heterocycles. The predicted molar refractivity (Wildman–Crippen MR) is 91.5 cm³/mol. The Bertz CT molecular complexity index is 529. The lowest BCUT2D eigenvalue weighted by atomic mass is 10.0. The first kappa shape index (κ1) is 16.3. The number of methoxy groups -OCH3 is 1. The fraction of sp³-hybridized carbons (Fsp3) is 0.632.